The van der Waals surface area contributed by atoms with Gasteiger partial charge in [-0.25, -0.2) is 0 Å². The highest BCUT2D eigenvalue weighted by Crippen LogP contribution is 2.26. The number of halogens is 2. The third-order valence-electron chi connectivity index (χ3n) is 3.53. The lowest BCUT2D eigenvalue weighted by atomic mass is 9.98. The Bertz CT molecular complexity index is 465. The summed E-state index contributed by atoms with van der Waals surface area (Å²) < 4.78 is 0. The van der Waals surface area contributed by atoms with Gasteiger partial charge in [-0.05, 0) is 37.1 Å². The van der Waals surface area contributed by atoms with E-state index in [1.54, 1.807) is 6.07 Å². The number of hydrogen-bond donors (Lipinski definition) is 1. The molecular weight excluding hydrogens is 285 g/mol. The summed E-state index contributed by atoms with van der Waals surface area (Å²) in [5.74, 6) is -0.731. The predicted octanol–water partition coefficient (Wildman–Crippen LogP) is 3.82. The summed E-state index contributed by atoms with van der Waals surface area (Å²) in [5, 5.41) is 10.1. The summed E-state index contributed by atoms with van der Waals surface area (Å²) in [6, 6.07) is 5.72. The quantitative estimate of drug-likeness (QED) is 0.919. The molecule has 19 heavy (non-hydrogen) atoms. The SMILES string of the molecule is O=C(O)CC1CCCCN1Cc1ccc(Cl)c(Cl)c1. The molecule has 0 amide bonds. The fourth-order valence-corrected chi connectivity index (χ4v) is 2.89. The molecule has 104 valence electrons. The first-order chi connectivity index (χ1) is 9.06. The van der Waals surface area contributed by atoms with Crippen LogP contribution in [0.25, 0.3) is 0 Å². The van der Waals surface area contributed by atoms with E-state index in [2.05, 4.69) is 4.90 Å². The summed E-state index contributed by atoms with van der Waals surface area (Å²) in [5.41, 5.74) is 1.08. The fraction of sp³-hybridized carbons (Fsp3) is 0.500. The molecule has 0 bridgehead atoms. The van der Waals surface area contributed by atoms with Crippen molar-refractivity contribution in [2.45, 2.75) is 38.3 Å². The smallest absolute Gasteiger partial charge is 0.304 e. The standard InChI is InChI=1S/C14H17Cl2NO2/c15-12-5-4-10(7-13(12)16)9-17-6-2-1-3-11(17)8-14(18)19/h4-5,7,11H,1-3,6,8-9H2,(H,18,19). The molecule has 1 atom stereocenters. The molecule has 1 fully saturated rings. The molecule has 1 saturated heterocycles. The van der Waals surface area contributed by atoms with Crippen LogP contribution in [0.1, 0.15) is 31.2 Å². The number of likely N-dealkylation sites (tertiary alicyclic amines) is 1. The number of benzene rings is 1. The Kier molecular flexibility index (Phi) is 5.08. The second-order valence-corrected chi connectivity index (χ2v) is 5.78. The van der Waals surface area contributed by atoms with E-state index in [1.807, 2.05) is 12.1 Å². The highest BCUT2D eigenvalue weighted by molar-refractivity contribution is 6.42. The Morgan fingerprint density at radius 1 is 1.32 bits per heavy atom. The zero-order chi connectivity index (χ0) is 13.8. The van der Waals surface area contributed by atoms with Crippen LogP contribution in [-0.2, 0) is 11.3 Å². The average Bonchev–Trinajstić information content (AvgIpc) is 2.36. The molecule has 0 radical (unpaired) electrons. The summed E-state index contributed by atoms with van der Waals surface area (Å²) in [4.78, 5) is 13.1. The van der Waals surface area contributed by atoms with E-state index in [9.17, 15) is 4.79 Å². The van der Waals surface area contributed by atoms with Crippen LogP contribution >= 0.6 is 23.2 Å². The number of aliphatic carboxylic acids is 1. The minimum absolute atomic E-state index is 0.126. The van der Waals surface area contributed by atoms with Crippen LogP contribution < -0.4 is 0 Å². The Hall–Kier alpha value is -0.770. The number of rotatable bonds is 4. The van der Waals surface area contributed by atoms with E-state index < -0.39 is 5.97 Å². The number of carboxylic acid groups (broad SMARTS) is 1. The van der Waals surface area contributed by atoms with Gasteiger partial charge in [0.15, 0.2) is 0 Å². The van der Waals surface area contributed by atoms with Crippen molar-refractivity contribution >= 4 is 29.2 Å². The molecular formula is C14H17Cl2NO2. The second kappa shape index (κ2) is 6.60. The molecule has 0 aromatic heterocycles. The first kappa shape index (κ1) is 14.6. The molecule has 1 heterocycles. The molecule has 0 spiro atoms. The maximum Gasteiger partial charge on any atom is 0.304 e. The van der Waals surface area contributed by atoms with Gasteiger partial charge in [-0.15, -0.1) is 0 Å². The second-order valence-electron chi connectivity index (χ2n) is 4.97. The van der Waals surface area contributed by atoms with Gasteiger partial charge in [0.1, 0.15) is 0 Å². The number of hydrogen-bond acceptors (Lipinski definition) is 2. The molecule has 1 aliphatic rings. The summed E-state index contributed by atoms with van der Waals surface area (Å²) in [7, 11) is 0. The molecule has 1 aromatic carbocycles. The lowest BCUT2D eigenvalue weighted by molar-refractivity contribution is -0.138. The molecule has 1 aromatic rings. The monoisotopic (exact) mass is 301 g/mol. The van der Waals surface area contributed by atoms with E-state index in [0.717, 1.165) is 37.9 Å². The molecule has 0 saturated carbocycles. The topological polar surface area (TPSA) is 40.5 Å². The first-order valence-corrected chi connectivity index (χ1v) is 7.21. The Balaban J connectivity index is 2.06. The van der Waals surface area contributed by atoms with Gasteiger partial charge in [-0.3, -0.25) is 9.69 Å². The third-order valence-corrected chi connectivity index (χ3v) is 4.27. The number of nitrogens with zero attached hydrogens (tertiary/aromatic N) is 1. The van der Waals surface area contributed by atoms with Crippen molar-refractivity contribution < 1.29 is 9.90 Å². The zero-order valence-corrected chi connectivity index (χ0v) is 12.1. The number of carboxylic acids is 1. The maximum atomic E-state index is 10.9. The highest BCUT2D eigenvalue weighted by Gasteiger charge is 2.24. The number of carbonyl (C=O) groups is 1. The van der Waals surface area contributed by atoms with Crippen molar-refractivity contribution in [2.75, 3.05) is 6.54 Å². The zero-order valence-electron chi connectivity index (χ0n) is 10.6. The summed E-state index contributed by atoms with van der Waals surface area (Å²) in [6.07, 6.45) is 3.39. The third kappa shape index (κ3) is 4.10. The van der Waals surface area contributed by atoms with Gasteiger partial charge in [0, 0.05) is 12.6 Å². The van der Waals surface area contributed by atoms with Crippen LogP contribution in [-0.4, -0.2) is 28.6 Å². The minimum atomic E-state index is -0.731. The van der Waals surface area contributed by atoms with Gasteiger partial charge in [-0.2, -0.15) is 0 Å². The highest BCUT2D eigenvalue weighted by atomic mass is 35.5. The van der Waals surface area contributed by atoms with Crippen molar-refractivity contribution in [2.24, 2.45) is 0 Å². The van der Waals surface area contributed by atoms with E-state index in [1.165, 1.54) is 0 Å². The van der Waals surface area contributed by atoms with Gasteiger partial charge in [0.2, 0.25) is 0 Å². The van der Waals surface area contributed by atoms with Gasteiger partial charge in [0.05, 0.1) is 16.5 Å². The van der Waals surface area contributed by atoms with E-state index in [4.69, 9.17) is 28.3 Å². The molecule has 0 aliphatic carbocycles. The number of piperidine rings is 1. The van der Waals surface area contributed by atoms with Crippen LogP contribution in [0, 0.1) is 0 Å². The van der Waals surface area contributed by atoms with Crippen molar-refractivity contribution in [3.8, 4) is 0 Å². The largest absolute Gasteiger partial charge is 0.481 e. The van der Waals surface area contributed by atoms with Crippen LogP contribution in [0.4, 0.5) is 0 Å². The van der Waals surface area contributed by atoms with Crippen molar-refractivity contribution in [3.05, 3.63) is 33.8 Å². The van der Waals surface area contributed by atoms with Crippen LogP contribution in [0.5, 0.6) is 0 Å². The molecule has 3 nitrogen and oxygen atoms in total. The van der Waals surface area contributed by atoms with Crippen molar-refractivity contribution in [1.82, 2.24) is 4.90 Å². The van der Waals surface area contributed by atoms with Crippen molar-refractivity contribution in [1.29, 1.82) is 0 Å². The summed E-state index contributed by atoms with van der Waals surface area (Å²) in [6.45, 7) is 1.67. The average molecular weight is 302 g/mol. The molecule has 2 rings (SSSR count). The van der Waals surface area contributed by atoms with Crippen LogP contribution in [0.2, 0.25) is 10.0 Å². The molecule has 1 N–H and O–H groups in total. The van der Waals surface area contributed by atoms with Gasteiger partial charge in [-0.1, -0.05) is 35.7 Å². The molecule has 5 heteroatoms. The lowest BCUT2D eigenvalue weighted by Crippen LogP contribution is -2.40. The molecule has 1 aliphatic heterocycles. The van der Waals surface area contributed by atoms with Crippen LogP contribution in [0.3, 0.4) is 0 Å². The molecule has 1 unspecified atom stereocenters. The van der Waals surface area contributed by atoms with E-state index >= 15 is 0 Å². The maximum absolute atomic E-state index is 10.9. The van der Waals surface area contributed by atoms with Crippen molar-refractivity contribution in [3.63, 3.8) is 0 Å². The van der Waals surface area contributed by atoms with E-state index in [0.29, 0.717) is 10.0 Å². The van der Waals surface area contributed by atoms with E-state index in [-0.39, 0.29) is 12.5 Å². The predicted molar refractivity (Wildman–Crippen MR) is 76.8 cm³/mol. The lowest BCUT2D eigenvalue weighted by Gasteiger charge is -2.35. The minimum Gasteiger partial charge on any atom is -0.481 e. The fourth-order valence-electron chi connectivity index (χ4n) is 2.57. The Morgan fingerprint density at radius 2 is 2.11 bits per heavy atom. The first-order valence-electron chi connectivity index (χ1n) is 6.46. The normalized spacial score (nSPS) is 20.4. The van der Waals surface area contributed by atoms with Gasteiger partial charge in [0.25, 0.3) is 0 Å². The Labute approximate surface area is 123 Å². The summed E-state index contributed by atoms with van der Waals surface area (Å²) >= 11 is 11.9. The Morgan fingerprint density at radius 3 is 2.79 bits per heavy atom. The van der Waals surface area contributed by atoms with Crippen LogP contribution in [0.15, 0.2) is 18.2 Å². The van der Waals surface area contributed by atoms with Gasteiger partial charge >= 0.3 is 5.97 Å². The van der Waals surface area contributed by atoms with Gasteiger partial charge < -0.3 is 5.11 Å².